The van der Waals surface area contributed by atoms with E-state index in [1.165, 1.54) is 4.73 Å². The number of fused-ring (bicyclic) bond motifs is 3. The Balaban J connectivity index is 1.62. The first-order valence-corrected chi connectivity index (χ1v) is 8.59. The molecular formula is C20H17N5O. The van der Waals surface area contributed by atoms with Crippen LogP contribution in [0.3, 0.4) is 0 Å². The molecule has 0 saturated carbocycles. The van der Waals surface area contributed by atoms with Crippen molar-refractivity contribution in [2.75, 3.05) is 11.4 Å². The molecule has 6 heteroatoms. The minimum absolute atomic E-state index is 0.680. The van der Waals surface area contributed by atoms with Gasteiger partial charge in [-0.3, -0.25) is 4.98 Å². The summed E-state index contributed by atoms with van der Waals surface area (Å²) in [5.41, 5.74) is 5.08. The van der Waals surface area contributed by atoms with Gasteiger partial charge in [0.25, 0.3) is 0 Å². The number of pyridine rings is 1. The van der Waals surface area contributed by atoms with Crippen LogP contribution in [0.2, 0.25) is 0 Å². The Kier molecular flexibility index (Phi) is 3.35. The normalized spacial score (nSPS) is 13.8. The van der Waals surface area contributed by atoms with E-state index in [0.29, 0.717) is 6.54 Å². The fourth-order valence-corrected chi connectivity index (χ4v) is 3.67. The van der Waals surface area contributed by atoms with Crippen LogP contribution in [-0.4, -0.2) is 31.4 Å². The molecular weight excluding hydrogens is 326 g/mol. The number of anilines is 1. The third-order valence-electron chi connectivity index (χ3n) is 4.95. The summed E-state index contributed by atoms with van der Waals surface area (Å²) in [4.78, 5) is 15.1. The van der Waals surface area contributed by atoms with Crippen molar-refractivity contribution < 1.29 is 5.21 Å². The first-order valence-electron chi connectivity index (χ1n) is 8.59. The maximum Gasteiger partial charge on any atom is 0.225 e. The van der Waals surface area contributed by atoms with Crippen LogP contribution >= 0.6 is 0 Å². The van der Waals surface area contributed by atoms with E-state index in [1.54, 1.807) is 18.6 Å². The molecule has 4 aromatic rings. The van der Waals surface area contributed by atoms with Crippen LogP contribution in [0.15, 0.2) is 61.2 Å². The molecule has 0 bridgehead atoms. The summed E-state index contributed by atoms with van der Waals surface area (Å²) in [6.45, 7) is 1.46. The Morgan fingerprint density at radius 3 is 2.65 bits per heavy atom. The number of rotatable bonds is 2. The minimum Gasteiger partial charge on any atom is -0.428 e. The van der Waals surface area contributed by atoms with Gasteiger partial charge >= 0.3 is 0 Å². The summed E-state index contributed by atoms with van der Waals surface area (Å²) in [6, 6.07) is 11.9. The Morgan fingerprint density at radius 1 is 0.962 bits per heavy atom. The van der Waals surface area contributed by atoms with Crippen molar-refractivity contribution in [3.63, 3.8) is 0 Å². The Morgan fingerprint density at radius 2 is 1.85 bits per heavy atom. The van der Waals surface area contributed by atoms with E-state index in [2.05, 4.69) is 25.9 Å². The molecule has 0 spiro atoms. The summed E-state index contributed by atoms with van der Waals surface area (Å²) in [5.74, 6) is 0.723. The predicted octanol–water partition coefficient (Wildman–Crippen LogP) is 3.29. The molecule has 1 aliphatic heterocycles. The first kappa shape index (κ1) is 14.9. The highest BCUT2D eigenvalue weighted by atomic mass is 16.5. The van der Waals surface area contributed by atoms with E-state index in [0.717, 1.165) is 52.2 Å². The highest BCUT2D eigenvalue weighted by molar-refractivity contribution is 5.90. The molecule has 6 nitrogen and oxygen atoms in total. The number of aromatic nitrogens is 4. The number of benzene rings is 1. The molecule has 0 fully saturated rings. The largest absolute Gasteiger partial charge is 0.428 e. The van der Waals surface area contributed by atoms with Crippen molar-refractivity contribution in [2.45, 2.75) is 13.0 Å². The van der Waals surface area contributed by atoms with E-state index in [4.69, 9.17) is 0 Å². The molecule has 1 aliphatic rings. The van der Waals surface area contributed by atoms with Crippen molar-refractivity contribution in [3.05, 3.63) is 72.4 Å². The lowest BCUT2D eigenvalue weighted by Gasteiger charge is -2.27. The predicted molar refractivity (Wildman–Crippen MR) is 99.1 cm³/mol. The van der Waals surface area contributed by atoms with E-state index < -0.39 is 0 Å². The van der Waals surface area contributed by atoms with Crippen LogP contribution in [0.25, 0.3) is 22.0 Å². The lowest BCUT2D eigenvalue weighted by Crippen LogP contribution is -2.32. The number of hydrogen-bond acceptors (Lipinski definition) is 5. The molecule has 1 N–H and O–H groups in total. The van der Waals surface area contributed by atoms with Crippen molar-refractivity contribution in [1.29, 1.82) is 0 Å². The van der Waals surface area contributed by atoms with Crippen LogP contribution in [0.1, 0.15) is 11.3 Å². The van der Waals surface area contributed by atoms with Crippen LogP contribution in [0.4, 0.5) is 5.95 Å². The molecule has 0 saturated heterocycles. The zero-order chi connectivity index (χ0) is 17.5. The molecule has 0 atom stereocenters. The average Bonchev–Trinajstić information content (AvgIpc) is 3.01. The van der Waals surface area contributed by atoms with Crippen molar-refractivity contribution in [1.82, 2.24) is 19.7 Å². The average molecular weight is 343 g/mol. The third kappa shape index (κ3) is 2.30. The van der Waals surface area contributed by atoms with Gasteiger partial charge in [-0.2, -0.15) is 4.73 Å². The molecule has 128 valence electrons. The highest BCUT2D eigenvalue weighted by Gasteiger charge is 2.25. The van der Waals surface area contributed by atoms with Crippen LogP contribution in [0, 0.1) is 0 Å². The monoisotopic (exact) mass is 343 g/mol. The maximum absolute atomic E-state index is 10.6. The second-order valence-corrected chi connectivity index (χ2v) is 6.43. The van der Waals surface area contributed by atoms with Crippen LogP contribution in [0.5, 0.6) is 0 Å². The summed E-state index contributed by atoms with van der Waals surface area (Å²) in [5, 5.41) is 11.7. The van der Waals surface area contributed by atoms with Crippen molar-refractivity contribution in [3.8, 4) is 11.1 Å². The molecule has 3 aromatic heterocycles. The molecule has 5 rings (SSSR count). The van der Waals surface area contributed by atoms with E-state index >= 15 is 0 Å². The van der Waals surface area contributed by atoms with Gasteiger partial charge < -0.3 is 10.1 Å². The quantitative estimate of drug-likeness (QED) is 0.566. The maximum atomic E-state index is 10.6. The zero-order valence-corrected chi connectivity index (χ0v) is 14.1. The fraction of sp³-hybridized carbons (Fsp3) is 0.150. The second kappa shape index (κ2) is 5.84. The van der Waals surface area contributed by atoms with E-state index in [9.17, 15) is 5.21 Å². The third-order valence-corrected chi connectivity index (χ3v) is 4.95. The Bertz CT molecular complexity index is 1080. The van der Waals surface area contributed by atoms with Crippen molar-refractivity contribution >= 4 is 16.9 Å². The number of hydrogen-bond donors (Lipinski definition) is 1. The van der Waals surface area contributed by atoms with Gasteiger partial charge in [0.1, 0.15) is 0 Å². The van der Waals surface area contributed by atoms with Gasteiger partial charge in [-0.15, -0.1) is 0 Å². The van der Waals surface area contributed by atoms with Gasteiger partial charge in [0.15, 0.2) is 0 Å². The molecule has 0 aliphatic carbocycles. The van der Waals surface area contributed by atoms with Crippen LogP contribution < -0.4 is 4.90 Å². The Labute approximate surface area is 150 Å². The van der Waals surface area contributed by atoms with Gasteiger partial charge in [0, 0.05) is 60.8 Å². The van der Waals surface area contributed by atoms with Gasteiger partial charge in [-0.1, -0.05) is 12.1 Å². The van der Waals surface area contributed by atoms with Gasteiger partial charge in [-0.05, 0) is 29.8 Å². The molecule has 0 radical (unpaired) electrons. The standard InChI is InChI=1S/C20H17N5O/c26-25-18-5-4-14(15-3-1-7-21-12-15)11-16(18)17-13-24(10-6-19(17)25)20-22-8-2-9-23-20/h1-5,7-9,11-12,26H,6,10,13H2. The summed E-state index contributed by atoms with van der Waals surface area (Å²) in [7, 11) is 0. The topological polar surface area (TPSA) is 67.1 Å². The van der Waals surface area contributed by atoms with E-state index in [1.807, 2.05) is 36.5 Å². The highest BCUT2D eigenvalue weighted by Crippen LogP contribution is 2.33. The second-order valence-electron chi connectivity index (χ2n) is 6.43. The van der Waals surface area contributed by atoms with Gasteiger partial charge in [-0.25, -0.2) is 9.97 Å². The summed E-state index contributed by atoms with van der Waals surface area (Å²) in [6.07, 6.45) is 7.89. The zero-order valence-electron chi connectivity index (χ0n) is 14.1. The van der Waals surface area contributed by atoms with Gasteiger partial charge in [0.05, 0.1) is 11.2 Å². The number of nitrogens with zero attached hydrogens (tertiary/aromatic N) is 5. The molecule has 0 unspecified atom stereocenters. The summed E-state index contributed by atoms with van der Waals surface area (Å²) >= 11 is 0. The SMILES string of the molecule is On1c2c(c3cc(-c4cccnc4)ccc31)CN(c1ncccn1)CC2. The molecule has 0 amide bonds. The lowest BCUT2D eigenvalue weighted by molar-refractivity contribution is 0.189. The molecule has 1 aromatic carbocycles. The fourth-order valence-electron chi connectivity index (χ4n) is 3.67. The Hall–Kier alpha value is -3.41. The smallest absolute Gasteiger partial charge is 0.225 e. The van der Waals surface area contributed by atoms with Crippen molar-refractivity contribution in [2.24, 2.45) is 0 Å². The molecule has 4 heterocycles. The van der Waals surface area contributed by atoms with Gasteiger partial charge in [0.2, 0.25) is 5.95 Å². The molecule has 26 heavy (non-hydrogen) atoms. The van der Waals surface area contributed by atoms with Crippen LogP contribution in [-0.2, 0) is 13.0 Å². The minimum atomic E-state index is 0.680. The lowest BCUT2D eigenvalue weighted by atomic mass is 10.0. The summed E-state index contributed by atoms with van der Waals surface area (Å²) < 4.78 is 1.33. The van der Waals surface area contributed by atoms with E-state index in [-0.39, 0.29) is 0 Å². The first-order chi connectivity index (χ1) is 12.8.